The molecule has 2 bridgehead atoms. The summed E-state index contributed by atoms with van der Waals surface area (Å²) in [5.41, 5.74) is -0.193. The van der Waals surface area contributed by atoms with Crippen molar-refractivity contribution in [2.75, 3.05) is 20.2 Å². The number of esters is 1. The number of rotatable bonds is 1. The van der Waals surface area contributed by atoms with Crippen molar-refractivity contribution in [1.29, 1.82) is 0 Å². The van der Waals surface area contributed by atoms with Crippen molar-refractivity contribution < 1.29 is 9.53 Å². The molecule has 3 aliphatic rings. The van der Waals surface area contributed by atoms with Gasteiger partial charge in [-0.3, -0.25) is 4.79 Å². The van der Waals surface area contributed by atoms with Crippen molar-refractivity contribution in [3.8, 4) is 0 Å². The van der Waals surface area contributed by atoms with Crippen molar-refractivity contribution in [1.82, 2.24) is 5.32 Å². The van der Waals surface area contributed by atoms with Gasteiger partial charge in [0, 0.05) is 6.54 Å². The molecule has 0 aromatic carbocycles. The molecule has 3 nitrogen and oxygen atoms in total. The monoisotopic (exact) mass is 183 g/mol. The molecule has 3 rings (SSSR count). The number of ether oxygens (including phenoxy) is 1. The summed E-state index contributed by atoms with van der Waals surface area (Å²) in [5, 5.41) is 3.36. The Morgan fingerprint density at radius 2 is 2.15 bits per heavy atom. The van der Waals surface area contributed by atoms with Gasteiger partial charge in [-0.2, -0.15) is 0 Å². The Bertz CT molecular complexity index is 201. The predicted molar refractivity (Wildman–Crippen MR) is 49.3 cm³/mol. The van der Waals surface area contributed by atoms with E-state index in [0.29, 0.717) is 0 Å². The van der Waals surface area contributed by atoms with Crippen LogP contribution >= 0.6 is 0 Å². The number of fused-ring (bicyclic) bond motifs is 4. The average molecular weight is 183 g/mol. The van der Waals surface area contributed by atoms with E-state index < -0.39 is 0 Å². The maximum atomic E-state index is 11.6. The van der Waals surface area contributed by atoms with Gasteiger partial charge in [0.25, 0.3) is 0 Å². The molecule has 2 saturated heterocycles. The van der Waals surface area contributed by atoms with Crippen LogP contribution in [0, 0.1) is 11.3 Å². The highest BCUT2D eigenvalue weighted by atomic mass is 16.5. The highest BCUT2D eigenvalue weighted by Gasteiger charge is 2.44. The number of hydrogen-bond donors (Lipinski definition) is 1. The van der Waals surface area contributed by atoms with E-state index in [4.69, 9.17) is 4.74 Å². The number of carbonyl (C=O) groups excluding carboxylic acids is 1. The van der Waals surface area contributed by atoms with Gasteiger partial charge in [0.2, 0.25) is 0 Å². The minimum atomic E-state index is -0.193. The zero-order valence-electron chi connectivity index (χ0n) is 8.14. The average Bonchev–Trinajstić information content (AvgIpc) is 2.50. The summed E-state index contributed by atoms with van der Waals surface area (Å²) >= 11 is 0. The molecule has 1 saturated carbocycles. The quantitative estimate of drug-likeness (QED) is 0.615. The molecule has 2 heterocycles. The predicted octanol–water partition coefficient (Wildman–Crippen LogP) is 0.939. The van der Waals surface area contributed by atoms with Crippen LogP contribution in [0.2, 0.25) is 0 Å². The smallest absolute Gasteiger partial charge is 0.313 e. The van der Waals surface area contributed by atoms with Gasteiger partial charge in [0.15, 0.2) is 0 Å². The number of carbonyl (C=O) groups is 1. The molecule has 0 amide bonds. The Balaban J connectivity index is 2.16. The van der Waals surface area contributed by atoms with Crippen molar-refractivity contribution in [2.45, 2.75) is 25.7 Å². The molecule has 0 aromatic heterocycles. The van der Waals surface area contributed by atoms with E-state index in [1.54, 1.807) is 0 Å². The molecule has 0 aromatic rings. The number of nitrogens with one attached hydrogen (secondary N) is 1. The van der Waals surface area contributed by atoms with Gasteiger partial charge in [0.1, 0.15) is 0 Å². The Morgan fingerprint density at radius 3 is 2.77 bits per heavy atom. The number of methoxy groups -OCH3 is 1. The van der Waals surface area contributed by atoms with Crippen LogP contribution in [0.4, 0.5) is 0 Å². The molecule has 0 atom stereocenters. The molecular formula is C10H17NO2. The molecule has 0 unspecified atom stereocenters. The Morgan fingerprint density at radius 1 is 1.46 bits per heavy atom. The van der Waals surface area contributed by atoms with Gasteiger partial charge in [-0.05, 0) is 38.1 Å². The third-order valence-corrected chi connectivity index (χ3v) is 3.58. The summed E-state index contributed by atoms with van der Waals surface area (Å²) in [6.07, 6.45) is 4.39. The second-order valence-corrected chi connectivity index (χ2v) is 4.35. The van der Waals surface area contributed by atoms with Gasteiger partial charge in [-0.1, -0.05) is 0 Å². The Labute approximate surface area is 78.8 Å². The van der Waals surface area contributed by atoms with Crippen molar-refractivity contribution >= 4 is 5.97 Å². The lowest BCUT2D eigenvalue weighted by atomic mass is 9.72. The largest absolute Gasteiger partial charge is 0.469 e. The summed E-state index contributed by atoms with van der Waals surface area (Å²) in [7, 11) is 1.49. The minimum Gasteiger partial charge on any atom is -0.469 e. The van der Waals surface area contributed by atoms with Crippen LogP contribution in [0.15, 0.2) is 0 Å². The van der Waals surface area contributed by atoms with Gasteiger partial charge in [-0.15, -0.1) is 0 Å². The first-order valence-electron chi connectivity index (χ1n) is 5.06. The summed E-state index contributed by atoms with van der Waals surface area (Å²) in [5.74, 6) is 0.778. The van der Waals surface area contributed by atoms with E-state index in [1.165, 1.54) is 20.0 Å². The van der Waals surface area contributed by atoms with E-state index in [1.807, 2.05) is 0 Å². The van der Waals surface area contributed by atoms with E-state index in [0.717, 1.165) is 31.8 Å². The standard InChI is InChI=1S/C10H17NO2/c1-13-9(12)10-4-2-8(3-5-10)6-11-7-10/h8,11H,2-7H2,1H3. The summed E-state index contributed by atoms with van der Waals surface area (Å²) in [6.45, 7) is 1.90. The van der Waals surface area contributed by atoms with Crippen LogP contribution in [0.25, 0.3) is 0 Å². The first-order chi connectivity index (χ1) is 6.27. The first-order valence-corrected chi connectivity index (χ1v) is 5.06. The van der Waals surface area contributed by atoms with Crippen LogP contribution in [0.3, 0.4) is 0 Å². The third kappa shape index (κ3) is 1.46. The summed E-state index contributed by atoms with van der Waals surface area (Å²) < 4.78 is 4.89. The van der Waals surface area contributed by atoms with Crippen molar-refractivity contribution in [3.63, 3.8) is 0 Å². The summed E-state index contributed by atoms with van der Waals surface area (Å²) in [4.78, 5) is 11.6. The van der Waals surface area contributed by atoms with Crippen LogP contribution in [-0.4, -0.2) is 26.2 Å². The second kappa shape index (κ2) is 3.29. The van der Waals surface area contributed by atoms with Crippen LogP contribution in [0.1, 0.15) is 25.7 Å². The van der Waals surface area contributed by atoms with E-state index >= 15 is 0 Å². The highest BCUT2D eigenvalue weighted by Crippen LogP contribution is 2.41. The number of hydrogen-bond acceptors (Lipinski definition) is 3. The molecule has 13 heavy (non-hydrogen) atoms. The molecule has 3 heteroatoms. The second-order valence-electron chi connectivity index (χ2n) is 4.35. The zero-order chi connectivity index (χ0) is 9.31. The maximum absolute atomic E-state index is 11.6. The van der Waals surface area contributed by atoms with Gasteiger partial charge in [0.05, 0.1) is 12.5 Å². The minimum absolute atomic E-state index is 0.0136. The molecule has 3 fully saturated rings. The Kier molecular flexibility index (Phi) is 2.28. The maximum Gasteiger partial charge on any atom is 0.313 e. The third-order valence-electron chi connectivity index (χ3n) is 3.58. The molecule has 1 N–H and O–H groups in total. The normalized spacial score (nSPS) is 38.4. The lowest BCUT2D eigenvalue weighted by molar-refractivity contribution is -0.154. The SMILES string of the molecule is COC(=O)C12CCC(CC1)CNC2. The fourth-order valence-corrected chi connectivity index (χ4v) is 2.62. The van der Waals surface area contributed by atoms with Gasteiger partial charge in [-0.25, -0.2) is 0 Å². The lowest BCUT2D eigenvalue weighted by Gasteiger charge is -2.33. The Hall–Kier alpha value is -0.570. The molecule has 0 spiro atoms. The van der Waals surface area contributed by atoms with Crippen LogP contribution < -0.4 is 5.32 Å². The van der Waals surface area contributed by atoms with Gasteiger partial charge >= 0.3 is 5.97 Å². The fourth-order valence-electron chi connectivity index (χ4n) is 2.62. The highest BCUT2D eigenvalue weighted by molar-refractivity contribution is 5.77. The lowest BCUT2D eigenvalue weighted by Crippen LogP contribution is -2.40. The van der Waals surface area contributed by atoms with E-state index in [2.05, 4.69) is 5.32 Å². The fraction of sp³-hybridized carbons (Fsp3) is 0.900. The van der Waals surface area contributed by atoms with E-state index in [9.17, 15) is 4.79 Å². The van der Waals surface area contributed by atoms with Crippen molar-refractivity contribution in [3.05, 3.63) is 0 Å². The van der Waals surface area contributed by atoms with Crippen LogP contribution in [0.5, 0.6) is 0 Å². The van der Waals surface area contributed by atoms with Gasteiger partial charge < -0.3 is 10.1 Å². The van der Waals surface area contributed by atoms with Crippen molar-refractivity contribution in [2.24, 2.45) is 11.3 Å². The first kappa shape index (κ1) is 9.00. The van der Waals surface area contributed by atoms with Crippen LogP contribution in [-0.2, 0) is 9.53 Å². The molecule has 1 aliphatic carbocycles. The molecule has 0 radical (unpaired) electrons. The molecule has 2 aliphatic heterocycles. The molecule has 74 valence electrons. The summed E-state index contributed by atoms with van der Waals surface area (Å²) in [6, 6.07) is 0. The topological polar surface area (TPSA) is 38.3 Å². The zero-order valence-corrected chi connectivity index (χ0v) is 8.14. The molecular weight excluding hydrogens is 166 g/mol. The van der Waals surface area contributed by atoms with E-state index in [-0.39, 0.29) is 11.4 Å².